The van der Waals surface area contributed by atoms with Gasteiger partial charge in [0, 0.05) is 25.4 Å². The van der Waals surface area contributed by atoms with Gasteiger partial charge in [-0.15, -0.1) is 0 Å². The van der Waals surface area contributed by atoms with Crippen molar-refractivity contribution in [1.29, 1.82) is 0 Å². The van der Waals surface area contributed by atoms with Crippen molar-refractivity contribution in [1.82, 2.24) is 15.1 Å². The summed E-state index contributed by atoms with van der Waals surface area (Å²) in [6.45, 7) is 6.22. The van der Waals surface area contributed by atoms with E-state index in [0.717, 1.165) is 19.6 Å². The third-order valence-electron chi connectivity index (χ3n) is 3.28. The topological polar surface area (TPSA) is 39.1 Å². The molecule has 16 heavy (non-hydrogen) atoms. The molecule has 1 saturated heterocycles. The molecule has 0 spiro atoms. The molecule has 90 valence electrons. The predicted molar refractivity (Wildman–Crippen MR) is 63.1 cm³/mol. The minimum Gasteiger partial charge on any atom is -0.376 e. The number of aryl methyl sites for hydroxylation is 1. The van der Waals surface area contributed by atoms with Crippen LogP contribution in [0.5, 0.6) is 0 Å². The lowest BCUT2D eigenvalue weighted by atomic mass is 9.94. The number of ether oxygens (including phenoxy) is 1. The van der Waals surface area contributed by atoms with Gasteiger partial charge in [-0.25, -0.2) is 0 Å². The quantitative estimate of drug-likeness (QED) is 0.840. The summed E-state index contributed by atoms with van der Waals surface area (Å²) in [6, 6.07) is 0.274. The van der Waals surface area contributed by atoms with Gasteiger partial charge in [0.1, 0.15) is 0 Å². The van der Waals surface area contributed by atoms with Crippen molar-refractivity contribution in [3.8, 4) is 0 Å². The highest BCUT2D eigenvalue weighted by molar-refractivity contribution is 5.13. The van der Waals surface area contributed by atoms with Crippen molar-refractivity contribution < 1.29 is 4.74 Å². The van der Waals surface area contributed by atoms with Gasteiger partial charge in [-0.2, -0.15) is 5.10 Å². The Kier molecular flexibility index (Phi) is 3.61. The lowest BCUT2D eigenvalue weighted by molar-refractivity contribution is 0.0612. The van der Waals surface area contributed by atoms with Gasteiger partial charge in [0.2, 0.25) is 0 Å². The number of likely N-dealkylation sites (N-methyl/N-ethyl adjacent to an activating group) is 1. The van der Waals surface area contributed by atoms with Crippen LogP contribution in [0.3, 0.4) is 0 Å². The molecular weight excluding hydrogens is 202 g/mol. The first kappa shape index (κ1) is 11.6. The number of hydrogen-bond donors (Lipinski definition) is 1. The first-order chi connectivity index (χ1) is 7.72. The Morgan fingerprint density at radius 2 is 2.50 bits per heavy atom. The fourth-order valence-electron chi connectivity index (χ4n) is 2.39. The molecule has 4 nitrogen and oxygen atoms in total. The molecule has 1 fully saturated rings. The molecule has 0 saturated carbocycles. The van der Waals surface area contributed by atoms with E-state index in [-0.39, 0.29) is 12.1 Å². The van der Waals surface area contributed by atoms with Crippen LogP contribution in [0.2, 0.25) is 0 Å². The van der Waals surface area contributed by atoms with E-state index in [1.54, 1.807) is 0 Å². The highest BCUT2D eigenvalue weighted by atomic mass is 16.5. The van der Waals surface area contributed by atoms with E-state index in [1.165, 1.54) is 5.56 Å². The van der Waals surface area contributed by atoms with Crippen molar-refractivity contribution in [3.05, 3.63) is 18.0 Å². The summed E-state index contributed by atoms with van der Waals surface area (Å²) >= 11 is 0. The van der Waals surface area contributed by atoms with Crippen molar-refractivity contribution >= 4 is 0 Å². The highest BCUT2D eigenvalue weighted by Gasteiger charge is 2.33. The molecule has 1 aliphatic heterocycles. The molecule has 4 heteroatoms. The summed E-state index contributed by atoms with van der Waals surface area (Å²) in [5.74, 6) is 0.615. The Morgan fingerprint density at radius 1 is 1.69 bits per heavy atom. The minimum atomic E-state index is 0.274. The third kappa shape index (κ3) is 2.28. The van der Waals surface area contributed by atoms with Gasteiger partial charge in [0.15, 0.2) is 0 Å². The normalized spacial score (nSPS) is 27.2. The number of nitrogens with one attached hydrogen (secondary N) is 1. The van der Waals surface area contributed by atoms with Gasteiger partial charge in [-0.3, -0.25) is 4.68 Å². The second-order valence-electron chi connectivity index (χ2n) is 4.58. The van der Waals surface area contributed by atoms with Crippen LogP contribution in [0, 0.1) is 5.92 Å². The molecule has 1 aromatic rings. The Morgan fingerprint density at radius 3 is 3.00 bits per heavy atom. The number of nitrogens with zero attached hydrogens (tertiary/aromatic N) is 2. The summed E-state index contributed by atoms with van der Waals surface area (Å²) in [6.07, 6.45) is 5.44. The van der Waals surface area contributed by atoms with Crippen LogP contribution in [0.25, 0.3) is 0 Å². The maximum Gasteiger partial charge on any atom is 0.0797 e. The van der Waals surface area contributed by atoms with Crippen LogP contribution < -0.4 is 5.32 Å². The zero-order chi connectivity index (χ0) is 11.5. The zero-order valence-electron chi connectivity index (χ0n) is 10.3. The summed E-state index contributed by atoms with van der Waals surface area (Å²) in [7, 11) is 1.95. The first-order valence-electron chi connectivity index (χ1n) is 6.06. The van der Waals surface area contributed by atoms with Gasteiger partial charge in [0.25, 0.3) is 0 Å². The lowest BCUT2D eigenvalue weighted by Crippen LogP contribution is -2.34. The average molecular weight is 223 g/mol. The predicted octanol–water partition coefficient (Wildman–Crippen LogP) is 1.50. The van der Waals surface area contributed by atoms with Gasteiger partial charge in [0.05, 0.1) is 18.3 Å². The fraction of sp³-hybridized carbons (Fsp3) is 0.750. The molecule has 2 heterocycles. The Hall–Kier alpha value is -0.870. The molecule has 3 unspecified atom stereocenters. The molecule has 1 aromatic heterocycles. The second kappa shape index (κ2) is 4.97. The summed E-state index contributed by atoms with van der Waals surface area (Å²) in [5.41, 5.74) is 1.23. The lowest BCUT2D eigenvalue weighted by Gasteiger charge is -2.25. The van der Waals surface area contributed by atoms with Crippen molar-refractivity contribution in [2.24, 2.45) is 13.0 Å². The van der Waals surface area contributed by atoms with E-state index < -0.39 is 0 Å². The fourth-order valence-corrected chi connectivity index (χ4v) is 2.39. The van der Waals surface area contributed by atoms with E-state index in [4.69, 9.17) is 4.74 Å². The molecule has 0 aromatic carbocycles. The number of rotatable bonds is 4. The average Bonchev–Trinajstić information content (AvgIpc) is 2.84. The molecule has 0 amide bonds. The molecule has 1 N–H and O–H groups in total. The van der Waals surface area contributed by atoms with E-state index in [9.17, 15) is 0 Å². The van der Waals surface area contributed by atoms with E-state index in [0.29, 0.717) is 5.92 Å². The van der Waals surface area contributed by atoms with Crippen molar-refractivity contribution in [2.45, 2.75) is 32.4 Å². The molecule has 1 aliphatic rings. The highest BCUT2D eigenvalue weighted by Crippen LogP contribution is 2.30. The minimum absolute atomic E-state index is 0.274. The maximum atomic E-state index is 5.84. The second-order valence-corrected chi connectivity index (χ2v) is 4.58. The molecule has 0 radical (unpaired) electrons. The van der Waals surface area contributed by atoms with E-state index in [2.05, 4.69) is 30.5 Å². The number of aromatic nitrogens is 2. The van der Waals surface area contributed by atoms with Crippen molar-refractivity contribution in [3.63, 3.8) is 0 Å². The van der Waals surface area contributed by atoms with E-state index >= 15 is 0 Å². The van der Waals surface area contributed by atoms with Gasteiger partial charge < -0.3 is 10.1 Å². The zero-order valence-corrected chi connectivity index (χ0v) is 10.3. The van der Waals surface area contributed by atoms with Crippen LogP contribution >= 0.6 is 0 Å². The van der Waals surface area contributed by atoms with Crippen molar-refractivity contribution in [2.75, 3.05) is 13.2 Å². The van der Waals surface area contributed by atoms with Gasteiger partial charge in [-0.1, -0.05) is 13.8 Å². The molecule has 3 atom stereocenters. The SMILES string of the molecule is CCNC(c1cnn(C)c1)C1OCCC1C. The summed E-state index contributed by atoms with van der Waals surface area (Å²) in [4.78, 5) is 0. The Bertz CT molecular complexity index is 337. The van der Waals surface area contributed by atoms with Crippen LogP contribution in [-0.4, -0.2) is 29.0 Å². The van der Waals surface area contributed by atoms with Crippen LogP contribution in [0.4, 0.5) is 0 Å². The van der Waals surface area contributed by atoms with Gasteiger partial charge in [-0.05, 0) is 18.9 Å². The first-order valence-corrected chi connectivity index (χ1v) is 6.06. The monoisotopic (exact) mass is 223 g/mol. The van der Waals surface area contributed by atoms with Crippen LogP contribution in [-0.2, 0) is 11.8 Å². The molecular formula is C12H21N3O. The molecule has 2 rings (SSSR count). The Balaban J connectivity index is 2.16. The molecule has 0 aliphatic carbocycles. The maximum absolute atomic E-state index is 5.84. The van der Waals surface area contributed by atoms with Gasteiger partial charge >= 0.3 is 0 Å². The van der Waals surface area contributed by atoms with E-state index in [1.807, 2.05) is 17.9 Å². The standard InChI is InChI=1S/C12H21N3O/c1-4-13-11(10-7-14-15(3)8-10)12-9(2)5-6-16-12/h7-9,11-13H,4-6H2,1-3H3. The summed E-state index contributed by atoms with van der Waals surface area (Å²) < 4.78 is 7.69. The van der Waals surface area contributed by atoms with Crippen LogP contribution in [0.1, 0.15) is 31.9 Å². The third-order valence-corrected chi connectivity index (χ3v) is 3.28. The summed E-state index contributed by atoms with van der Waals surface area (Å²) in [5, 5.41) is 7.74. The Labute approximate surface area is 97.0 Å². The largest absolute Gasteiger partial charge is 0.376 e. The number of hydrogen-bond acceptors (Lipinski definition) is 3. The molecule has 0 bridgehead atoms. The smallest absolute Gasteiger partial charge is 0.0797 e. The van der Waals surface area contributed by atoms with Crippen LogP contribution in [0.15, 0.2) is 12.4 Å².